The summed E-state index contributed by atoms with van der Waals surface area (Å²) in [7, 11) is 0. The maximum absolute atomic E-state index is 13.5. The Morgan fingerprint density at radius 2 is 1.76 bits per heavy atom. The van der Waals surface area contributed by atoms with Crippen LogP contribution in [-0.4, -0.2) is 66.0 Å². The first-order valence-corrected chi connectivity index (χ1v) is 14.4. The average Bonchev–Trinajstić information content (AvgIpc) is 3.26. The second kappa shape index (κ2) is 12.0. The summed E-state index contributed by atoms with van der Waals surface area (Å²) in [6.07, 6.45) is 2.98. The molecule has 1 aliphatic heterocycles. The molecule has 0 spiro atoms. The van der Waals surface area contributed by atoms with Gasteiger partial charge in [0, 0.05) is 71.7 Å². The van der Waals surface area contributed by atoms with Gasteiger partial charge in [-0.25, -0.2) is 4.79 Å². The molecule has 0 atom stereocenters. The SMILES string of the molecule is CCn1c2ccccc2c2cc(CN(CCCN3CCOCC3)C(=O)Nc3ccc(SC)cc3)ccc21. The predicted molar refractivity (Wildman–Crippen MR) is 155 cm³/mol. The first-order chi connectivity index (χ1) is 18.2. The number of thioether (sulfide) groups is 1. The number of nitrogens with zero attached hydrogens (tertiary/aromatic N) is 3. The number of para-hydroxylation sites is 1. The molecule has 3 aromatic carbocycles. The quantitative estimate of drug-likeness (QED) is 0.266. The highest BCUT2D eigenvalue weighted by Crippen LogP contribution is 2.30. The van der Waals surface area contributed by atoms with Crippen molar-refractivity contribution in [3.8, 4) is 0 Å². The van der Waals surface area contributed by atoms with Crippen molar-refractivity contribution in [1.29, 1.82) is 0 Å². The van der Waals surface area contributed by atoms with Crippen LogP contribution in [0.2, 0.25) is 0 Å². The van der Waals surface area contributed by atoms with E-state index in [1.165, 1.54) is 26.7 Å². The number of nitrogens with one attached hydrogen (secondary N) is 1. The lowest BCUT2D eigenvalue weighted by Gasteiger charge is -2.28. The molecule has 0 aliphatic carbocycles. The maximum atomic E-state index is 13.5. The molecule has 0 radical (unpaired) electrons. The summed E-state index contributed by atoms with van der Waals surface area (Å²) < 4.78 is 7.84. The van der Waals surface area contributed by atoms with Gasteiger partial charge in [0.1, 0.15) is 0 Å². The summed E-state index contributed by atoms with van der Waals surface area (Å²) in [5, 5.41) is 5.63. The Hall–Kier alpha value is -3.00. The number of aromatic nitrogens is 1. The summed E-state index contributed by atoms with van der Waals surface area (Å²) in [4.78, 5) is 19.0. The van der Waals surface area contributed by atoms with Gasteiger partial charge in [-0.3, -0.25) is 4.90 Å². The molecular formula is C30H36N4O2S. The van der Waals surface area contributed by atoms with Gasteiger partial charge in [-0.2, -0.15) is 0 Å². The van der Waals surface area contributed by atoms with Crippen LogP contribution in [0.5, 0.6) is 0 Å². The van der Waals surface area contributed by atoms with E-state index < -0.39 is 0 Å². The van der Waals surface area contributed by atoms with Crippen molar-refractivity contribution in [2.45, 2.75) is 31.3 Å². The highest BCUT2D eigenvalue weighted by Gasteiger charge is 2.17. The van der Waals surface area contributed by atoms with Gasteiger partial charge < -0.3 is 19.5 Å². The van der Waals surface area contributed by atoms with Crippen molar-refractivity contribution in [2.75, 3.05) is 51.0 Å². The summed E-state index contributed by atoms with van der Waals surface area (Å²) >= 11 is 1.70. The Morgan fingerprint density at radius 1 is 1.00 bits per heavy atom. The molecule has 5 rings (SSSR count). The van der Waals surface area contributed by atoms with E-state index in [1.807, 2.05) is 29.2 Å². The van der Waals surface area contributed by atoms with Gasteiger partial charge in [-0.05, 0) is 67.6 Å². The van der Waals surface area contributed by atoms with Crippen molar-refractivity contribution in [3.05, 3.63) is 72.3 Å². The number of hydrogen-bond donors (Lipinski definition) is 1. The van der Waals surface area contributed by atoms with E-state index in [9.17, 15) is 4.79 Å². The fourth-order valence-electron chi connectivity index (χ4n) is 5.20. The number of anilines is 1. The Balaban J connectivity index is 1.36. The van der Waals surface area contributed by atoms with Crippen molar-refractivity contribution in [3.63, 3.8) is 0 Å². The number of urea groups is 1. The molecule has 1 saturated heterocycles. The van der Waals surface area contributed by atoms with E-state index in [-0.39, 0.29) is 6.03 Å². The monoisotopic (exact) mass is 516 g/mol. The molecule has 0 bridgehead atoms. The highest BCUT2D eigenvalue weighted by atomic mass is 32.2. The van der Waals surface area contributed by atoms with Crippen LogP contribution < -0.4 is 5.32 Å². The Labute approximate surface area is 223 Å². The van der Waals surface area contributed by atoms with Crippen LogP contribution in [0.4, 0.5) is 10.5 Å². The molecule has 1 aliphatic rings. The van der Waals surface area contributed by atoms with Gasteiger partial charge in [0.05, 0.1) is 13.2 Å². The zero-order valence-electron chi connectivity index (χ0n) is 21.8. The number of amides is 2. The predicted octanol–water partition coefficient (Wildman–Crippen LogP) is 6.29. The third-order valence-corrected chi connectivity index (χ3v) is 7.90. The van der Waals surface area contributed by atoms with Gasteiger partial charge >= 0.3 is 6.03 Å². The van der Waals surface area contributed by atoms with E-state index in [0.29, 0.717) is 13.1 Å². The lowest BCUT2D eigenvalue weighted by molar-refractivity contribution is 0.0365. The fraction of sp³-hybridized carbons (Fsp3) is 0.367. The molecule has 1 aromatic heterocycles. The van der Waals surface area contributed by atoms with Crippen molar-refractivity contribution >= 4 is 45.3 Å². The number of carbonyl (C=O) groups excluding carboxylic acids is 1. The van der Waals surface area contributed by atoms with Crippen molar-refractivity contribution in [1.82, 2.24) is 14.4 Å². The molecule has 194 valence electrons. The summed E-state index contributed by atoms with van der Waals surface area (Å²) in [6, 6.07) is 23.2. The van der Waals surface area contributed by atoms with Crippen LogP contribution in [0.15, 0.2) is 71.6 Å². The van der Waals surface area contributed by atoms with Gasteiger partial charge in [-0.15, -0.1) is 11.8 Å². The molecule has 1 N–H and O–H groups in total. The third-order valence-electron chi connectivity index (χ3n) is 7.16. The lowest BCUT2D eigenvalue weighted by Crippen LogP contribution is -2.40. The average molecular weight is 517 g/mol. The first kappa shape index (κ1) is 25.6. The molecule has 0 unspecified atom stereocenters. The molecule has 7 heteroatoms. The minimum absolute atomic E-state index is 0.0602. The number of benzene rings is 3. The number of morpholine rings is 1. The summed E-state index contributed by atoms with van der Waals surface area (Å²) in [5.41, 5.74) is 4.46. The molecule has 2 heterocycles. The highest BCUT2D eigenvalue weighted by molar-refractivity contribution is 7.98. The number of carbonyl (C=O) groups is 1. The van der Waals surface area contributed by atoms with E-state index in [0.717, 1.165) is 57.1 Å². The first-order valence-electron chi connectivity index (χ1n) is 13.2. The second-order valence-electron chi connectivity index (χ2n) is 9.50. The van der Waals surface area contributed by atoms with Crippen LogP contribution in [-0.2, 0) is 17.8 Å². The Bertz CT molecular complexity index is 1350. The number of fused-ring (bicyclic) bond motifs is 3. The lowest BCUT2D eigenvalue weighted by atomic mass is 10.1. The number of ether oxygens (including phenoxy) is 1. The van der Waals surface area contributed by atoms with Gasteiger partial charge in [-0.1, -0.05) is 24.3 Å². The largest absolute Gasteiger partial charge is 0.379 e. The molecular weight excluding hydrogens is 480 g/mol. The van der Waals surface area contributed by atoms with Crippen LogP contribution in [0.25, 0.3) is 21.8 Å². The van der Waals surface area contributed by atoms with Gasteiger partial charge in [0.15, 0.2) is 0 Å². The normalized spacial score (nSPS) is 14.3. The molecule has 6 nitrogen and oxygen atoms in total. The van der Waals surface area contributed by atoms with Crippen LogP contribution >= 0.6 is 11.8 Å². The van der Waals surface area contributed by atoms with E-state index in [2.05, 4.69) is 70.4 Å². The Morgan fingerprint density at radius 3 is 2.51 bits per heavy atom. The summed E-state index contributed by atoms with van der Waals surface area (Å²) in [5.74, 6) is 0. The molecule has 4 aromatic rings. The van der Waals surface area contributed by atoms with Crippen molar-refractivity contribution in [2.24, 2.45) is 0 Å². The zero-order valence-corrected chi connectivity index (χ0v) is 22.6. The van der Waals surface area contributed by atoms with Gasteiger partial charge in [0.2, 0.25) is 0 Å². The number of rotatable bonds is 9. The minimum Gasteiger partial charge on any atom is -0.379 e. The van der Waals surface area contributed by atoms with Crippen LogP contribution in [0, 0.1) is 0 Å². The third kappa shape index (κ3) is 5.95. The van der Waals surface area contributed by atoms with Crippen LogP contribution in [0.3, 0.4) is 0 Å². The smallest absolute Gasteiger partial charge is 0.322 e. The maximum Gasteiger partial charge on any atom is 0.322 e. The van der Waals surface area contributed by atoms with Crippen molar-refractivity contribution < 1.29 is 9.53 Å². The molecule has 1 fully saturated rings. The number of aryl methyl sites for hydroxylation is 1. The Kier molecular flexibility index (Phi) is 8.34. The number of hydrogen-bond acceptors (Lipinski definition) is 4. The topological polar surface area (TPSA) is 49.7 Å². The standard InChI is InChI=1S/C30H36N4O2S/c1-3-34-28-8-5-4-7-26(28)27-21-23(9-14-29(27)34)22-33(16-6-15-32-17-19-36-20-18-32)30(35)31-24-10-12-25(37-2)13-11-24/h4-5,7-14,21H,3,6,15-20,22H2,1-2H3,(H,31,35). The molecule has 0 saturated carbocycles. The summed E-state index contributed by atoms with van der Waals surface area (Å²) in [6.45, 7) is 8.86. The minimum atomic E-state index is -0.0602. The molecule has 37 heavy (non-hydrogen) atoms. The van der Waals surface area contributed by atoms with E-state index in [1.54, 1.807) is 11.8 Å². The van der Waals surface area contributed by atoms with Gasteiger partial charge in [0.25, 0.3) is 0 Å². The van der Waals surface area contributed by atoms with E-state index >= 15 is 0 Å². The fourth-order valence-corrected chi connectivity index (χ4v) is 5.61. The zero-order chi connectivity index (χ0) is 25.6. The second-order valence-corrected chi connectivity index (χ2v) is 10.4. The van der Waals surface area contributed by atoms with Crippen LogP contribution in [0.1, 0.15) is 18.9 Å². The molecule has 2 amide bonds. The van der Waals surface area contributed by atoms with E-state index in [4.69, 9.17) is 4.74 Å².